The molecule has 2 heterocycles. The average molecular weight is 416 g/mol. The molecule has 0 aliphatic rings. The number of carbonyl (C=O) groups excluding carboxylic acids is 1. The predicted octanol–water partition coefficient (Wildman–Crippen LogP) is 4.32. The van der Waals surface area contributed by atoms with Gasteiger partial charge >= 0.3 is 0 Å². The molecule has 0 aliphatic heterocycles. The molecule has 0 bridgehead atoms. The van der Waals surface area contributed by atoms with Gasteiger partial charge in [-0.05, 0) is 48.7 Å². The number of benzene rings is 1. The van der Waals surface area contributed by atoms with Crippen LogP contribution in [0.2, 0.25) is 0 Å². The lowest BCUT2D eigenvalue weighted by Crippen LogP contribution is -2.21. The summed E-state index contributed by atoms with van der Waals surface area (Å²) >= 11 is 3.45. The van der Waals surface area contributed by atoms with E-state index in [4.69, 9.17) is 0 Å². The van der Waals surface area contributed by atoms with Gasteiger partial charge in [-0.3, -0.25) is 9.59 Å². The zero-order valence-electron chi connectivity index (χ0n) is 15.3. The van der Waals surface area contributed by atoms with Gasteiger partial charge in [0.05, 0.1) is 10.9 Å². The van der Waals surface area contributed by atoms with Gasteiger partial charge in [-0.15, -0.1) is 0 Å². The van der Waals surface area contributed by atoms with E-state index in [0.717, 1.165) is 21.2 Å². The van der Waals surface area contributed by atoms with Gasteiger partial charge in [0.15, 0.2) is 0 Å². The Morgan fingerprint density at radius 1 is 1.23 bits per heavy atom. The minimum atomic E-state index is -0.236. The van der Waals surface area contributed by atoms with Crippen molar-refractivity contribution in [3.05, 3.63) is 62.6 Å². The Kier molecular flexibility index (Phi) is 5.05. The smallest absolute Gasteiger partial charge is 0.272 e. The lowest BCUT2D eigenvalue weighted by Gasteiger charge is -2.09. The molecule has 0 saturated heterocycles. The van der Waals surface area contributed by atoms with E-state index >= 15 is 0 Å². The summed E-state index contributed by atoms with van der Waals surface area (Å²) in [7, 11) is 1.80. The number of aromatic nitrogens is 2. The fraction of sp³-hybridized carbons (Fsp3) is 0.300. The third kappa shape index (κ3) is 3.46. The molecule has 3 aromatic rings. The Bertz CT molecular complexity index is 1050. The minimum Gasteiger partial charge on any atom is -0.339 e. The summed E-state index contributed by atoms with van der Waals surface area (Å²) < 4.78 is 4.45. The largest absolute Gasteiger partial charge is 0.339 e. The summed E-state index contributed by atoms with van der Waals surface area (Å²) in [5.41, 5.74) is 2.91. The maximum absolute atomic E-state index is 12.7. The van der Waals surface area contributed by atoms with Crippen LogP contribution in [0, 0.1) is 12.8 Å². The lowest BCUT2D eigenvalue weighted by molar-refractivity contribution is 0.102. The number of hydrogen-bond acceptors (Lipinski definition) is 2. The lowest BCUT2D eigenvalue weighted by atomic mass is 10.2. The topological polar surface area (TPSA) is 56.0 Å². The Morgan fingerprint density at radius 2 is 1.96 bits per heavy atom. The first-order valence-corrected chi connectivity index (χ1v) is 9.33. The van der Waals surface area contributed by atoms with Crippen molar-refractivity contribution < 1.29 is 4.79 Å². The van der Waals surface area contributed by atoms with Gasteiger partial charge in [0.1, 0.15) is 5.69 Å². The number of hydrogen-bond donors (Lipinski definition) is 1. The van der Waals surface area contributed by atoms with E-state index < -0.39 is 0 Å². The van der Waals surface area contributed by atoms with E-state index in [1.807, 2.05) is 31.2 Å². The van der Waals surface area contributed by atoms with E-state index in [0.29, 0.717) is 23.5 Å². The van der Waals surface area contributed by atoms with Crippen LogP contribution in [0.15, 0.2) is 45.8 Å². The highest BCUT2D eigenvalue weighted by molar-refractivity contribution is 9.10. The van der Waals surface area contributed by atoms with E-state index in [2.05, 4.69) is 35.1 Å². The van der Waals surface area contributed by atoms with Crippen LogP contribution in [0.25, 0.3) is 10.9 Å². The number of halogens is 1. The summed E-state index contributed by atoms with van der Waals surface area (Å²) in [5.74, 6) is 0.137. The van der Waals surface area contributed by atoms with Crippen LogP contribution in [0.1, 0.15) is 29.9 Å². The normalized spacial score (nSPS) is 11.3. The number of rotatable bonds is 4. The van der Waals surface area contributed by atoms with Gasteiger partial charge in [0.2, 0.25) is 0 Å². The molecule has 2 aromatic heterocycles. The van der Waals surface area contributed by atoms with Crippen molar-refractivity contribution in [3.8, 4) is 0 Å². The molecule has 1 amide bonds. The second kappa shape index (κ2) is 7.11. The SMILES string of the molecule is Cc1cc(NC(=O)c2cc3c(=O)n(CC(C)C)ccc3n2C)ccc1Br. The summed E-state index contributed by atoms with van der Waals surface area (Å²) in [4.78, 5) is 25.4. The monoisotopic (exact) mass is 415 g/mol. The molecule has 136 valence electrons. The zero-order valence-corrected chi connectivity index (χ0v) is 16.9. The first kappa shape index (κ1) is 18.5. The molecule has 3 rings (SSSR count). The van der Waals surface area contributed by atoms with E-state index in [-0.39, 0.29) is 11.5 Å². The molecule has 0 saturated carbocycles. The van der Waals surface area contributed by atoms with Crippen molar-refractivity contribution in [2.24, 2.45) is 13.0 Å². The van der Waals surface area contributed by atoms with Crippen molar-refractivity contribution in [2.45, 2.75) is 27.3 Å². The standard InChI is InChI=1S/C20H22BrN3O2/c1-12(2)11-24-8-7-17-15(20(24)26)10-18(23(17)4)19(25)22-14-5-6-16(21)13(3)9-14/h5-10,12H,11H2,1-4H3,(H,22,25). The van der Waals surface area contributed by atoms with Crippen LogP contribution < -0.4 is 10.9 Å². The summed E-state index contributed by atoms with van der Waals surface area (Å²) in [6.45, 7) is 6.76. The first-order chi connectivity index (χ1) is 12.3. The van der Waals surface area contributed by atoms with Crippen LogP contribution >= 0.6 is 15.9 Å². The quantitative estimate of drug-likeness (QED) is 0.689. The molecular weight excluding hydrogens is 394 g/mol. The molecule has 0 unspecified atom stereocenters. The Balaban J connectivity index is 1.98. The number of amides is 1. The Morgan fingerprint density at radius 3 is 2.62 bits per heavy atom. The van der Waals surface area contributed by atoms with Gasteiger partial charge in [-0.1, -0.05) is 29.8 Å². The fourth-order valence-electron chi connectivity index (χ4n) is 3.05. The molecule has 0 atom stereocenters. The number of anilines is 1. The third-order valence-electron chi connectivity index (χ3n) is 4.39. The molecular formula is C20H22BrN3O2. The molecule has 0 radical (unpaired) electrons. The van der Waals surface area contributed by atoms with Gasteiger partial charge in [0, 0.05) is 29.9 Å². The van der Waals surface area contributed by atoms with E-state index in [9.17, 15) is 9.59 Å². The third-order valence-corrected chi connectivity index (χ3v) is 5.28. The maximum Gasteiger partial charge on any atom is 0.272 e. The van der Waals surface area contributed by atoms with Crippen LogP contribution in [0.5, 0.6) is 0 Å². The van der Waals surface area contributed by atoms with Gasteiger partial charge in [0.25, 0.3) is 11.5 Å². The van der Waals surface area contributed by atoms with Crippen LogP contribution in [-0.2, 0) is 13.6 Å². The van der Waals surface area contributed by atoms with E-state index in [1.54, 1.807) is 28.4 Å². The molecule has 0 aliphatic carbocycles. The number of pyridine rings is 1. The second-order valence-corrected chi connectivity index (χ2v) is 7.83. The summed E-state index contributed by atoms with van der Waals surface area (Å²) in [6.07, 6.45) is 1.80. The average Bonchev–Trinajstić information content (AvgIpc) is 2.91. The summed E-state index contributed by atoms with van der Waals surface area (Å²) in [5, 5.41) is 3.47. The van der Waals surface area contributed by atoms with Gasteiger partial charge in [-0.2, -0.15) is 0 Å². The molecule has 0 fully saturated rings. The van der Waals surface area contributed by atoms with Crippen LogP contribution in [-0.4, -0.2) is 15.0 Å². The summed E-state index contributed by atoms with van der Waals surface area (Å²) in [6, 6.07) is 9.21. The molecule has 5 nitrogen and oxygen atoms in total. The molecule has 26 heavy (non-hydrogen) atoms. The fourth-order valence-corrected chi connectivity index (χ4v) is 3.29. The van der Waals surface area contributed by atoms with Crippen molar-refractivity contribution in [1.29, 1.82) is 0 Å². The number of aryl methyl sites for hydroxylation is 2. The van der Waals surface area contributed by atoms with Crippen LogP contribution in [0.3, 0.4) is 0 Å². The van der Waals surface area contributed by atoms with Gasteiger partial charge in [-0.25, -0.2) is 0 Å². The molecule has 1 aromatic carbocycles. The van der Waals surface area contributed by atoms with Gasteiger partial charge < -0.3 is 14.5 Å². The number of fused-ring (bicyclic) bond motifs is 1. The van der Waals surface area contributed by atoms with Crippen molar-refractivity contribution in [1.82, 2.24) is 9.13 Å². The highest BCUT2D eigenvalue weighted by atomic mass is 79.9. The van der Waals surface area contributed by atoms with Crippen molar-refractivity contribution >= 4 is 38.4 Å². The first-order valence-electron chi connectivity index (χ1n) is 8.54. The molecule has 6 heteroatoms. The second-order valence-electron chi connectivity index (χ2n) is 6.97. The Hall–Kier alpha value is -2.34. The number of nitrogens with one attached hydrogen (secondary N) is 1. The maximum atomic E-state index is 12.7. The minimum absolute atomic E-state index is 0.0645. The van der Waals surface area contributed by atoms with E-state index in [1.165, 1.54) is 0 Å². The highest BCUT2D eigenvalue weighted by Crippen LogP contribution is 2.21. The Labute approximate surface area is 160 Å². The molecule has 0 spiro atoms. The zero-order chi connectivity index (χ0) is 19.0. The van der Waals surface area contributed by atoms with Crippen molar-refractivity contribution in [3.63, 3.8) is 0 Å². The molecule has 1 N–H and O–H groups in total. The van der Waals surface area contributed by atoms with Crippen LogP contribution in [0.4, 0.5) is 5.69 Å². The van der Waals surface area contributed by atoms with Crippen molar-refractivity contribution in [2.75, 3.05) is 5.32 Å². The predicted molar refractivity (Wildman–Crippen MR) is 109 cm³/mol. The number of nitrogens with zero attached hydrogens (tertiary/aromatic N) is 2. The number of carbonyl (C=O) groups is 1. The highest BCUT2D eigenvalue weighted by Gasteiger charge is 2.16.